The maximum absolute atomic E-state index is 13.1. The van der Waals surface area contributed by atoms with Crippen molar-refractivity contribution in [2.75, 3.05) is 0 Å². The molecule has 0 aliphatic heterocycles. The van der Waals surface area contributed by atoms with Gasteiger partial charge in [-0.25, -0.2) is 0 Å². The second-order valence-electron chi connectivity index (χ2n) is 5.92. The van der Waals surface area contributed by atoms with Crippen LogP contribution in [0, 0.1) is 13.8 Å². The van der Waals surface area contributed by atoms with Gasteiger partial charge in [0, 0.05) is 0 Å². The molecule has 0 aliphatic carbocycles. The fraction of sp³-hybridized carbons (Fsp3) is 0.136. The Morgan fingerprint density at radius 2 is 1.12 bits per heavy atom. The van der Waals surface area contributed by atoms with Crippen LogP contribution in [0.4, 0.5) is 0 Å². The third-order valence-electron chi connectivity index (χ3n) is 3.80. The van der Waals surface area contributed by atoms with Crippen molar-refractivity contribution in [2.45, 2.75) is 17.6 Å². The zero-order valence-corrected chi connectivity index (χ0v) is 17.7. The summed E-state index contributed by atoms with van der Waals surface area (Å²) in [5, 5.41) is 0. The van der Waals surface area contributed by atoms with Gasteiger partial charge in [0.05, 0.1) is 0 Å². The van der Waals surface area contributed by atoms with E-state index in [0.717, 1.165) is 5.56 Å². The average molecular weight is 458 g/mol. The molecule has 0 saturated carbocycles. The first kappa shape index (κ1) is 18.2. The molecule has 0 heterocycles. The number of hydrogen-bond acceptors (Lipinski definition) is 1. The Labute approximate surface area is 162 Å². The van der Waals surface area contributed by atoms with Gasteiger partial charge in [0.15, 0.2) is 0 Å². The summed E-state index contributed by atoms with van der Waals surface area (Å²) in [6, 6.07) is 27.0. The average Bonchev–Trinajstić information content (AvgIpc) is 2.65. The Kier molecular flexibility index (Phi) is 6.28. The molecule has 1 nitrogen and oxygen atoms in total. The van der Waals surface area contributed by atoms with Crippen LogP contribution in [0.2, 0.25) is 3.71 Å². The molecular formula is C22H20OSe2. The summed E-state index contributed by atoms with van der Waals surface area (Å²) in [5.74, 6) is 0.279. The Balaban J connectivity index is 1.85. The van der Waals surface area contributed by atoms with Crippen LogP contribution in [-0.2, 0) is 0 Å². The third-order valence-corrected chi connectivity index (χ3v) is 9.98. The van der Waals surface area contributed by atoms with E-state index in [2.05, 4.69) is 62.4 Å². The van der Waals surface area contributed by atoms with Crippen molar-refractivity contribution in [1.82, 2.24) is 0 Å². The molecule has 3 heteroatoms. The molecule has 0 fully saturated rings. The second-order valence-corrected chi connectivity index (χ2v) is 12.4. The quantitative estimate of drug-likeness (QED) is 0.410. The Hall–Kier alpha value is -1.63. The van der Waals surface area contributed by atoms with E-state index in [4.69, 9.17) is 0 Å². The molecule has 0 radical (unpaired) electrons. The summed E-state index contributed by atoms with van der Waals surface area (Å²) in [7, 11) is 0. The predicted octanol–water partition coefficient (Wildman–Crippen LogP) is 3.29. The number of carbonyl (C=O) groups excluding carboxylic acids is 1. The number of Topliss-reactive ketones (excluding diaryl/α,β-unsaturated/α-hetero) is 1. The van der Waals surface area contributed by atoms with Crippen molar-refractivity contribution in [1.29, 1.82) is 0 Å². The number of aryl methyl sites for hydroxylation is 2. The van der Waals surface area contributed by atoms with Gasteiger partial charge in [0.25, 0.3) is 0 Å². The number of rotatable bonds is 6. The van der Waals surface area contributed by atoms with Gasteiger partial charge in [-0.15, -0.1) is 0 Å². The summed E-state index contributed by atoms with van der Waals surface area (Å²) in [6.07, 6.45) is 0. The molecule has 25 heavy (non-hydrogen) atoms. The van der Waals surface area contributed by atoms with Gasteiger partial charge in [-0.05, 0) is 0 Å². The Morgan fingerprint density at radius 1 is 0.680 bits per heavy atom. The molecule has 126 valence electrons. The van der Waals surface area contributed by atoms with Gasteiger partial charge in [-0.1, -0.05) is 0 Å². The molecular weight excluding hydrogens is 438 g/mol. The van der Waals surface area contributed by atoms with Gasteiger partial charge < -0.3 is 0 Å². The van der Waals surface area contributed by atoms with Crippen molar-refractivity contribution in [3.05, 3.63) is 95.6 Å². The van der Waals surface area contributed by atoms with Crippen LogP contribution in [-0.4, -0.2) is 35.7 Å². The molecule has 3 aromatic carbocycles. The normalized spacial score (nSPS) is 10.8. The molecule has 3 rings (SSSR count). The van der Waals surface area contributed by atoms with Gasteiger partial charge in [-0.3, -0.25) is 0 Å². The SMILES string of the molecule is Cc1ccc([Se]C([Se]c2ccc(C)cc2)C(=O)c2ccccc2)cc1. The molecule has 0 bridgehead atoms. The first-order chi connectivity index (χ1) is 12.1. The fourth-order valence-corrected chi connectivity index (χ4v) is 8.69. The molecule has 0 amide bonds. The van der Waals surface area contributed by atoms with Crippen molar-refractivity contribution in [3.8, 4) is 0 Å². The monoisotopic (exact) mass is 460 g/mol. The van der Waals surface area contributed by atoms with Crippen LogP contribution in [0.5, 0.6) is 0 Å². The summed E-state index contributed by atoms with van der Waals surface area (Å²) < 4.78 is 2.66. The summed E-state index contributed by atoms with van der Waals surface area (Å²) in [5.41, 5.74) is 3.35. The van der Waals surface area contributed by atoms with Crippen LogP contribution in [0.15, 0.2) is 78.9 Å². The fourth-order valence-electron chi connectivity index (χ4n) is 2.35. The van der Waals surface area contributed by atoms with E-state index in [9.17, 15) is 4.79 Å². The number of hydrogen-bond donors (Lipinski definition) is 0. The van der Waals surface area contributed by atoms with Crippen LogP contribution < -0.4 is 8.92 Å². The first-order valence-electron chi connectivity index (χ1n) is 8.18. The van der Waals surface area contributed by atoms with E-state index in [1.54, 1.807) is 0 Å². The third kappa shape index (κ3) is 5.17. The van der Waals surface area contributed by atoms with Crippen LogP contribution in [0.1, 0.15) is 21.5 Å². The number of carbonyl (C=O) groups is 1. The zero-order chi connectivity index (χ0) is 17.6. The molecule has 0 N–H and O–H groups in total. The molecule has 0 aromatic heterocycles. The van der Waals surface area contributed by atoms with Crippen molar-refractivity contribution in [3.63, 3.8) is 0 Å². The first-order valence-corrected chi connectivity index (χ1v) is 11.9. The maximum atomic E-state index is 13.1. The Morgan fingerprint density at radius 3 is 1.56 bits per heavy atom. The Bertz CT molecular complexity index is 777. The van der Waals surface area contributed by atoms with Crippen LogP contribution >= 0.6 is 0 Å². The predicted molar refractivity (Wildman–Crippen MR) is 108 cm³/mol. The van der Waals surface area contributed by atoms with E-state index in [1.165, 1.54) is 20.1 Å². The zero-order valence-electron chi connectivity index (χ0n) is 14.3. The molecule has 3 aromatic rings. The summed E-state index contributed by atoms with van der Waals surface area (Å²) in [6.45, 7) is 4.19. The van der Waals surface area contributed by atoms with E-state index in [-0.39, 0.29) is 39.4 Å². The molecule has 0 spiro atoms. The van der Waals surface area contributed by atoms with E-state index < -0.39 is 0 Å². The van der Waals surface area contributed by atoms with Crippen molar-refractivity contribution >= 4 is 44.6 Å². The molecule has 0 unspecified atom stereocenters. The van der Waals surface area contributed by atoms with Gasteiger partial charge in [0.1, 0.15) is 0 Å². The summed E-state index contributed by atoms with van der Waals surface area (Å²) in [4.78, 5) is 13.1. The molecule has 0 aliphatic rings. The van der Waals surface area contributed by atoms with E-state index >= 15 is 0 Å². The van der Waals surface area contributed by atoms with Gasteiger partial charge in [0.2, 0.25) is 0 Å². The van der Waals surface area contributed by atoms with Gasteiger partial charge >= 0.3 is 163 Å². The minimum atomic E-state index is 0.0767. The van der Waals surface area contributed by atoms with Crippen molar-refractivity contribution in [2.24, 2.45) is 0 Å². The number of ketones is 1. The van der Waals surface area contributed by atoms with Crippen LogP contribution in [0.3, 0.4) is 0 Å². The molecule has 0 saturated heterocycles. The van der Waals surface area contributed by atoms with E-state index in [1.807, 2.05) is 30.3 Å². The molecule has 0 atom stereocenters. The standard InChI is InChI=1S/C22H20OSe2/c1-16-8-12-19(13-9-16)24-22(21(23)18-6-4-3-5-7-18)25-20-14-10-17(2)11-15-20/h3-15,22H,1-2H3. The van der Waals surface area contributed by atoms with E-state index in [0.29, 0.717) is 0 Å². The van der Waals surface area contributed by atoms with Crippen molar-refractivity contribution < 1.29 is 4.79 Å². The second kappa shape index (κ2) is 8.65. The van der Waals surface area contributed by atoms with Crippen LogP contribution in [0.25, 0.3) is 0 Å². The number of benzene rings is 3. The minimum absolute atomic E-state index is 0.0767. The topological polar surface area (TPSA) is 17.1 Å². The van der Waals surface area contributed by atoms with Gasteiger partial charge in [-0.2, -0.15) is 0 Å². The summed E-state index contributed by atoms with van der Waals surface area (Å²) >= 11 is 0.261.